The quantitative estimate of drug-likeness (QED) is 0.311. The van der Waals surface area contributed by atoms with Crippen LogP contribution in [0, 0.1) is 6.07 Å². The second-order valence-corrected chi connectivity index (χ2v) is 6.60. The summed E-state index contributed by atoms with van der Waals surface area (Å²) in [5.74, 6) is 0. The highest BCUT2D eigenvalue weighted by Gasteiger charge is 2.17. The summed E-state index contributed by atoms with van der Waals surface area (Å²) in [5.41, 5.74) is 3.50. The van der Waals surface area contributed by atoms with Crippen LogP contribution in [0.25, 0.3) is 21.5 Å². The van der Waals surface area contributed by atoms with E-state index in [1.807, 2.05) is 6.07 Å². The first kappa shape index (κ1) is 15.7. The molecular weight excluding hydrogens is 326 g/mol. The molecule has 0 aliphatic heterocycles. The lowest BCUT2D eigenvalue weighted by Gasteiger charge is -2.28. The van der Waals surface area contributed by atoms with E-state index in [1.165, 1.54) is 27.2 Å². The van der Waals surface area contributed by atoms with Gasteiger partial charge in [0.25, 0.3) is 0 Å². The second-order valence-electron chi connectivity index (χ2n) is 6.60. The third kappa shape index (κ3) is 2.74. The van der Waals surface area contributed by atoms with Crippen LogP contribution in [0.5, 0.6) is 0 Å². The molecule has 0 aliphatic rings. The summed E-state index contributed by atoms with van der Waals surface area (Å²) in [6, 6.07) is 41.4. The molecule has 27 heavy (non-hydrogen) atoms. The Kier molecular flexibility index (Phi) is 3.84. The maximum absolute atomic E-state index is 3.23. The van der Waals surface area contributed by atoms with Gasteiger partial charge in [-0.1, -0.05) is 72.8 Å². The molecule has 0 saturated carbocycles. The third-order valence-electron chi connectivity index (χ3n) is 4.93. The van der Waals surface area contributed by atoms with Gasteiger partial charge in [0.2, 0.25) is 0 Å². The number of anilines is 3. The minimum absolute atomic E-state index is 1.15. The minimum atomic E-state index is 1.15. The van der Waals surface area contributed by atoms with Crippen LogP contribution >= 0.6 is 0 Å². The Hall–Kier alpha value is -3.58. The summed E-state index contributed by atoms with van der Waals surface area (Å²) in [4.78, 5) is 2.35. The van der Waals surface area contributed by atoms with Crippen LogP contribution in [0.4, 0.5) is 17.1 Å². The van der Waals surface area contributed by atoms with Gasteiger partial charge >= 0.3 is 0 Å². The van der Waals surface area contributed by atoms with E-state index in [-0.39, 0.29) is 0 Å². The molecule has 5 rings (SSSR count). The summed E-state index contributed by atoms with van der Waals surface area (Å²) in [6.45, 7) is 0. The number of para-hydroxylation sites is 2. The molecule has 1 nitrogen and oxygen atoms in total. The number of benzene rings is 5. The predicted molar refractivity (Wildman–Crippen MR) is 115 cm³/mol. The first-order valence-corrected chi connectivity index (χ1v) is 9.13. The first-order valence-electron chi connectivity index (χ1n) is 9.13. The molecule has 0 heterocycles. The van der Waals surface area contributed by atoms with Crippen LogP contribution in [0.2, 0.25) is 0 Å². The van der Waals surface area contributed by atoms with Gasteiger partial charge in [-0.05, 0) is 53.2 Å². The Balaban J connectivity index is 1.92. The van der Waals surface area contributed by atoms with Crippen molar-refractivity contribution in [3.8, 4) is 0 Å². The largest absolute Gasteiger partial charge is 0.309 e. The maximum Gasteiger partial charge on any atom is 0.0618 e. The third-order valence-corrected chi connectivity index (χ3v) is 4.93. The zero-order valence-corrected chi connectivity index (χ0v) is 14.8. The molecule has 0 amide bonds. The highest BCUT2D eigenvalue weighted by molar-refractivity contribution is 6.14. The maximum atomic E-state index is 3.23. The molecule has 0 saturated heterocycles. The molecule has 0 spiro atoms. The van der Waals surface area contributed by atoms with Gasteiger partial charge in [0.05, 0.1) is 5.69 Å². The van der Waals surface area contributed by atoms with Crippen molar-refractivity contribution in [2.45, 2.75) is 0 Å². The van der Waals surface area contributed by atoms with E-state index in [2.05, 4.69) is 114 Å². The van der Waals surface area contributed by atoms with Crippen molar-refractivity contribution in [3.05, 3.63) is 115 Å². The Morgan fingerprint density at radius 1 is 0.556 bits per heavy atom. The number of hydrogen-bond acceptors (Lipinski definition) is 1. The molecular formula is C26H18N. The van der Waals surface area contributed by atoms with E-state index in [0.717, 1.165) is 11.4 Å². The molecule has 0 unspecified atom stereocenters. The van der Waals surface area contributed by atoms with Crippen LogP contribution < -0.4 is 4.90 Å². The highest BCUT2D eigenvalue weighted by Crippen LogP contribution is 2.43. The monoisotopic (exact) mass is 344 g/mol. The molecule has 0 fully saturated rings. The van der Waals surface area contributed by atoms with Crippen molar-refractivity contribution >= 4 is 38.6 Å². The van der Waals surface area contributed by atoms with Gasteiger partial charge in [-0.15, -0.1) is 0 Å². The van der Waals surface area contributed by atoms with Crippen molar-refractivity contribution in [3.63, 3.8) is 0 Å². The average Bonchev–Trinajstić information content (AvgIpc) is 2.75. The van der Waals surface area contributed by atoms with E-state index >= 15 is 0 Å². The molecule has 0 N–H and O–H groups in total. The van der Waals surface area contributed by atoms with Crippen molar-refractivity contribution in [2.75, 3.05) is 4.90 Å². The normalized spacial score (nSPS) is 11.0. The van der Waals surface area contributed by atoms with Crippen molar-refractivity contribution in [1.29, 1.82) is 0 Å². The summed E-state index contributed by atoms with van der Waals surface area (Å²) in [5, 5.41) is 4.89. The van der Waals surface area contributed by atoms with E-state index in [9.17, 15) is 0 Å². The molecule has 1 heteroatoms. The fraction of sp³-hybridized carbons (Fsp3) is 0. The molecule has 127 valence electrons. The minimum Gasteiger partial charge on any atom is -0.309 e. The fourth-order valence-corrected chi connectivity index (χ4v) is 3.73. The SMILES string of the molecule is [c]1ccc2c(N(c3ccccc3)c3ccccc3)c3ccccc3cc2c1. The fourth-order valence-electron chi connectivity index (χ4n) is 3.73. The highest BCUT2D eigenvalue weighted by atomic mass is 15.1. The van der Waals surface area contributed by atoms with Gasteiger partial charge in [-0.25, -0.2) is 0 Å². The Labute approximate surface area is 159 Å². The van der Waals surface area contributed by atoms with Crippen LogP contribution in [0.3, 0.4) is 0 Å². The summed E-state index contributed by atoms with van der Waals surface area (Å²) in [6.07, 6.45) is 0. The smallest absolute Gasteiger partial charge is 0.0618 e. The lowest BCUT2D eigenvalue weighted by atomic mass is 9.99. The van der Waals surface area contributed by atoms with Crippen molar-refractivity contribution in [1.82, 2.24) is 0 Å². The van der Waals surface area contributed by atoms with Crippen molar-refractivity contribution < 1.29 is 0 Å². The molecule has 0 aliphatic carbocycles. The molecule has 0 aromatic heterocycles. The Morgan fingerprint density at radius 3 is 1.85 bits per heavy atom. The van der Waals surface area contributed by atoms with Crippen molar-refractivity contribution in [2.24, 2.45) is 0 Å². The van der Waals surface area contributed by atoms with Crippen LogP contribution in [-0.4, -0.2) is 0 Å². The van der Waals surface area contributed by atoms with Crippen LogP contribution in [-0.2, 0) is 0 Å². The predicted octanol–water partition coefficient (Wildman–Crippen LogP) is 7.26. The summed E-state index contributed by atoms with van der Waals surface area (Å²) in [7, 11) is 0. The number of hydrogen-bond donors (Lipinski definition) is 0. The topological polar surface area (TPSA) is 3.24 Å². The molecule has 0 bridgehead atoms. The average molecular weight is 344 g/mol. The number of rotatable bonds is 3. The lowest BCUT2D eigenvalue weighted by Crippen LogP contribution is -2.10. The van der Waals surface area contributed by atoms with E-state index in [1.54, 1.807) is 0 Å². The zero-order chi connectivity index (χ0) is 18.1. The first-order chi connectivity index (χ1) is 13.4. The molecule has 1 radical (unpaired) electrons. The molecule has 5 aromatic rings. The Bertz CT molecular complexity index is 1120. The second kappa shape index (κ2) is 6.62. The van der Waals surface area contributed by atoms with E-state index < -0.39 is 0 Å². The lowest BCUT2D eigenvalue weighted by molar-refractivity contribution is 1.31. The van der Waals surface area contributed by atoms with Gasteiger partial charge in [0.15, 0.2) is 0 Å². The van der Waals surface area contributed by atoms with Gasteiger partial charge in [0.1, 0.15) is 0 Å². The van der Waals surface area contributed by atoms with Crippen LogP contribution in [0.1, 0.15) is 0 Å². The van der Waals surface area contributed by atoms with Crippen LogP contribution in [0.15, 0.2) is 109 Å². The van der Waals surface area contributed by atoms with E-state index in [4.69, 9.17) is 0 Å². The van der Waals surface area contributed by atoms with E-state index in [0.29, 0.717) is 0 Å². The standard InChI is InChI=1S/C26H18N/c1-3-13-22(14-4-1)27(23-15-5-2-6-16-23)26-24-17-9-7-11-20(24)19-21-12-8-10-18-25(21)26/h1-7,9-19H. The number of nitrogens with zero attached hydrogens (tertiary/aromatic N) is 1. The zero-order valence-electron chi connectivity index (χ0n) is 14.8. The molecule has 0 atom stereocenters. The van der Waals surface area contributed by atoms with Gasteiger partial charge in [0, 0.05) is 22.1 Å². The van der Waals surface area contributed by atoms with Gasteiger partial charge in [-0.3, -0.25) is 0 Å². The molecule has 5 aromatic carbocycles. The Morgan fingerprint density at radius 2 is 1.15 bits per heavy atom. The number of fused-ring (bicyclic) bond motifs is 2. The summed E-state index contributed by atoms with van der Waals surface area (Å²) < 4.78 is 0. The summed E-state index contributed by atoms with van der Waals surface area (Å²) >= 11 is 0. The van der Waals surface area contributed by atoms with Gasteiger partial charge < -0.3 is 4.90 Å². The van der Waals surface area contributed by atoms with Gasteiger partial charge in [-0.2, -0.15) is 0 Å².